The zero-order valence-corrected chi connectivity index (χ0v) is 17.4. The third-order valence-electron chi connectivity index (χ3n) is 4.90. The molecule has 1 aromatic carbocycles. The van der Waals surface area contributed by atoms with Gasteiger partial charge in [0.15, 0.2) is 11.4 Å². The number of hydrogen-bond acceptors (Lipinski definition) is 7. The normalized spacial score (nSPS) is 25.2. The van der Waals surface area contributed by atoms with E-state index in [2.05, 4.69) is 40.0 Å². The van der Waals surface area contributed by atoms with Crippen molar-refractivity contribution in [3.8, 4) is 5.69 Å². The number of ether oxygens (including phenoxy) is 2. The van der Waals surface area contributed by atoms with E-state index in [4.69, 9.17) is 39.6 Å². The van der Waals surface area contributed by atoms with Gasteiger partial charge in [0, 0.05) is 6.42 Å². The van der Waals surface area contributed by atoms with Crippen molar-refractivity contribution in [3.63, 3.8) is 0 Å². The molecule has 0 amide bonds. The Kier molecular flexibility index (Phi) is 5.00. The van der Waals surface area contributed by atoms with Crippen molar-refractivity contribution in [2.24, 2.45) is 10.8 Å². The Morgan fingerprint density at radius 1 is 1.29 bits per heavy atom. The van der Waals surface area contributed by atoms with Gasteiger partial charge < -0.3 is 15.2 Å². The van der Waals surface area contributed by atoms with E-state index < -0.39 is 6.29 Å². The summed E-state index contributed by atoms with van der Waals surface area (Å²) in [5, 5.41) is 13.0. The number of aryl methyl sites for hydroxylation is 3. The Balaban J connectivity index is 1.71. The van der Waals surface area contributed by atoms with Gasteiger partial charge in [-0.05, 0) is 66.8 Å². The van der Waals surface area contributed by atoms with Crippen molar-refractivity contribution in [2.45, 2.75) is 45.6 Å². The molecule has 3 atom stereocenters. The number of benzene rings is 1. The lowest BCUT2D eigenvalue weighted by atomic mass is 10.0. The van der Waals surface area contributed by atoms with Crippen LogP contribution >= 0.6 is 24.4 Å². The van der Waals surface area contributed by atoms with E-state index in [9.17, 15) is 0 Å². The summed E-state index contributed by atoms with van der Waals surface area (Å²) >= 11 is 10.5. The molecule has 11 heteroatoms. The summed E-state index contributed by atoms with van der Waals surface area (Å²) in [4.78, 5) is 0. The van der Waals surface area contributed by atoms with Gasteiger partial charge in [-0.2, -0.15) is 9.78 Å². The van der Waals surface area contributed by atoms with Gasteiger partial charge in [0.25, 0.3) is 0 Å². The first-order valence-corrected chi connectivity index (χ1v) is 9.68. The molecular weight excluding hydrogens is 398 g/mol. The lowest BCUT2D eigenvalue weighted by Crippen LogP contribution is -2.39. The number of nitrogens with two attached hydrogens (primary N) is 1. The molecule has 2 aliphatic rings. The second-order valence-electron chi connectivity index (χ2n) is 7.06. The van der Waals surface area contributed by atoms with Crippen molar-refractivity contribution in [1.82, 2.24) is 25.2 Å². The first kappa shape index (κ1) is 19.1. The zero-order chi connectivity index (χ0) is 20.0. The minimum absolute atomic E-state index is 0.0806. The summed E-state index contributed by atoms with van der Waals surface area (Å²) in [5.74, 6) is 0. The standard InChI is InChI=1S/C17H21N7O2S2/c1-8-4-9(2)14(10(3)5-8)24-17(28)23(21-22-24)12-6-11(19-20-16(18)27)15-25-7-13(12)26-15/h4-5,12-13,15H,6-7H2,1-3H3,(H3,18,20,27)/b19-11-/t12-,13+,15+/m0/s1. The molecule has 2 saturated heterocycles. The van der Waals surface area contributed by atoms with E-state index in [1.54, 1.807) is 9.36 Å². The number of tetrazole rings is 1. The van der Waals surface area contributed by atoms with Gasteiger partial charge >= 0.3 is 0 Å². The van der Waals surface area contributed by atoms with Gasteiger partial charge in [-0.15, -0.1) is 0 Å². The number of hydrogen-bond donors (Lipinski definition) is 2. The van der Waals surface area contributed by atoms with Crippen LogP contribution in [0.1, 0.15) is 29.2 Å². The first-order chi connectivity index (χ1) is 13.3. The maximum atomic E-state index is 5.92. The molecule has 2 aromatic rings. The maximum Gasteiger partial charge on any atom is 0.221 e. The molecule has 1 aromatic heterocycles. The van der Waals surface area contributed by atoms with Gasteiger partial charge in [-0.25, -0.2) is 4.68 Å². The van der Waals surface area contributed by atoms with Crippen LogP contribution in [-0.4, -0.2) is 49.6 Å². The van der Waals surface area contributed by atoms with Crippen LogP contribution in [0.25, 0.3) is 5.69 Å². The fourth-order valence-electron chi connectivity index (χ4n) is 3.82. The summed E-state index contributed by atoms with van der Waals surface area (Å²) in [6.45, 7) is 6.58. The van der Waals surface area contributed by atoms with Crippen LogP contribution in [0.15, 0.2) is 17.2 Å². The molecule has 0 saturated carbocycles. The minimum atomic E-state index is -0.506. The van der Waals surface area contributed by atoms with Crippen LogP contribution < -0.4 is 11.2 Å². The summed E-state index contributed by atoms with van der Waals surface area (Å²) in [5.41, 5.74) is 13.0. The molecule has 2 bridgehead atoms. The van der Waals surface area contributed by atoms with Crippen LogP contribution in [0.4, 0.5) is 0 Å². The van der Waals surface area contributed by atoms with Gasteiger partial charge in [-0.3, -0.25) is 5.43 Å². The van der Waals surface area contributed by atoms with E-state index in [1.165, 1.54) is 5.56 Å². The van der Waals surface area contributed by atoms with Gasteiger partial charge in [0.2, 0.25) is 4.77 Å². The highest BCUT2D eigenvalue weighted by atomic mass is 32.1. The average molecular weight is 420 g/mol. The van der Waals surface area contributed by atoms with Gasteiger partial charge in [-0.1, -0.05) is 17.7 Å². The predicted molar refractivity (Wildman–Crippen MR) is 110 cm³/mol. The largest absolute Gasteiger partial charge is 0.375 e. The molecule has 148 valence electrons. The fourth-order valence-corrected chi connectivity index (χ4v) is 4.16. The molecule has 4 rings (SSSR count). The number of aromatic nitrogens is 4. The summed E-state index contributed by atoms with van der Waals surface area (Å²) < 4.78 is 15.5. The number of nitrogens with zero attached hydrogens (tertiary/aromatic N) is 5. The highest BCUT2D eigenvalue weighted by Gasteiger charge is 2.44. The molecule has 0 spiro atoms. The van der Waals surface area contributed by atoms with Crippen LogP contribution in [-0.2, 0) is 9.47 Å². The SMILES string of the molecule is Cc1cc(C)c(-n2nnn([C@H]3C/C(=N/NC(N)=S)[C@@H]4OC[C@H]3O4)c2=S)c(C)c1. The third kappa shape index (κ3) is 3.34. The van der Waals surface area contributed by atoms with E-state index in [-0.39, 0.29) is 17.3 Å². The maximum absolute atomic E-state index is 5.92. The van der Waals surface area contributed by atoms with Crippen LogP contribution in [0.2, 0.25) is 0 Å². The van der Waals surface area contributed by atoms with Gasteiger partial charge in [0.1, 0.15) is 6.10 Å². The van der Waals surface area contributed by atoms with Crippen molar-refractivity contribution in [1.29, 1.82) is 0 Å². The Labute approximate surface area is 172 Å². The lowest BCUT2D eigenvalue weighted by Gasteiger charge is -2.27. The van der Waals surface area contributed by atoms with Crippen molar-refractivity contribution >= 4 is 35.3 Å². The zero-order valence-electron chi connectivity index (χ0n) is 15.7. The van der Waals surface area contributed by atoms with E-state index in [1.807, 2.05) is 13.8 Å². The van der Waals surface area contributed by atoms with Crippen LogP contribution in [0, 0.1) is 25.5 Å². The number of hydrazone groups is 1. The quantitative estimate of drug-likeness (QED) is 0.571. The highest BCUT2D eigenvalue weighted by Crippen LogP contribution is 2.33. The molecule has 3 N–H and O–H groups in total. The summed E-state index contributed by atoms with van der Waals surface area (Å²) in [7, 11) is 0. The molecule has 0 aliphatic carbocycles. The van der Waals surface area contributed by atoms with Crippen LogP contribution in [0.5, 0.6) is 0 Å². The highest BCUT2D eigenvalue weighted by molar-refractivity contribution is 7.80. The molecule has 2 aliphatic heterocycles. The minimum Gasteiger partial charge on any atom is -0.375 e. The number of thiocarbonyl (C=S) groups is 1. The molecule has 3 heterocycles. The third-order valence-corrected chi connectivity index (χ3v) is 5.36. The lowest BCUT2D eigenvalue weighted by molar-refractivity contribution is -0.0324. The monoisotopic (exact) mass is 419 g/mol. The Hall–Kier alpha value is -2.21. The smallest absolute Gasteiger partial charge is 0.221 e. The molecule has 9 nitrogen and oxygen atoms in total. The molecular formula is C17H21N7O2S2. The van der Waals surface area contributed by atoms with E-state index in [0.29, 0.717) is 23.5 Å². The Morgan fingerprint density at radius 3 is 2.68 bits per heavy atom. The summed E-state index contributed by atoms with van der Waals surface area (Å²) in [6.07, 6.45) is -0.135. The molecule has 0 radical (unpaired) electrons. The predicted octanol–water partition coefficient (Wildman–Crippen LogP) is 1.60. The Morgan fingerprint density at radius 2 is 2.00 bits per heavy atom. The molecule has 0 unspecified atom stereocenters. The van der Waals surface area contributed by atoms with Crippen LogP contribution in [0.3, 0.4) is 0 Å². The van der Waals surface area contributed by atoms with Crippen molar-refractivity contribution in [2.75, 3.05) is 6.61 Å². The molecule has 2 fully saturated rings. The number of rotatable bonds is 3. The Bertz CT molecular complexity index is 1010. The second kappa shape index (κ2) is 7.32. The second-order valence-corrected chi connectivity index (χ2v) is 7.86. The van der Waals surface area contributed by atoms with Crippen molar-refractivity contribution in [3.05, 3.63) is 33.6 Å². The number of fused-ring (bicyclic) bond motifs is 2. The average Bonchev–Trinajstić information content (AvgIpc) is 3.19. The van der Waals surface area contributed by atoms with Crippen molar-refractivity contribution < 1.29 is 9.47 Å². The van der Waals surface area contributed by atoms with Gasteiger partial charge in [0.05, 0.1) is 24.0 Å². The first-order valence-electron chi connectivity index (χ1n) is 8.87. The topological polar surface area (TPSA) is 105 Å². The summed E-state index contributed by atoms with van der Waals surface area (Å²) in [6, 6.07) is 4.03. The van der Waals surface area contributed by atoms with E-state index >= 15 is 0 Å². The van der Waals surface area contributed by atoms with E-state index in [0.717, 1.165) is 16.8 Å². The molecule has 28 heavy (non-hydrogen) atoms. The fraction of sp³-hybridized carbons (Fsp3) is 0.471. The number of nitrogens with one attached hydrogen (secondary N) is 1.